The lowest BCUT2D eigenvalue weighted by Gasteiger charge is -2.21. The number of aliphatic hydroxyl groups excluding tert-OH is 2. The highest BCUT2D eigenvalue weighted by Crippen LogP contribution is 2.14. The number of aliphatic hydroxyl groups is 2. The van der Waals surface area contributed by atoms with Crippen LogP contribution in [0.15, 0.2) is 0 Å². The zero-order valence-corrected chi connectivity index (χ0v) is 7.45. The van der Waals surface area contributed by atoms with Gasteiger partial charge in [-0.3, -0.25) is 0 Å². The third-order valence-electron chi connectivity index (χ3n) is 1.88. The normalized spacial score (nSPS) is 16.9. The van der Waals surface area contributed by atoms with Crippen molar-refractivity contribution in [2.75, 3.05) is 13.2 Å². The number of ether oxygens (including phenoxy) is 1. The first-order valence-corrected chi connectivity index (χ1v) is 4.00. The van der Waals surface area contributed by atoms with E-state index in [0.29, 0.717) is 5.92 Å². The van der Waals surface area contributed by atoms with E-state index in [9.17, 15) is 5.11 Å². The summed E-state index contributed by atoms with van der Waals surface area (Å²) in [4.78, 5) is 0. The predicted octanol–water partition coefficient (Wildman–Crippen LogP) is 0.606. The van der Waals surface area contributed by atoms with Gasteiger partial charge in [0, 0.05) is 5.92 Å². The van der Waals surface area contributed by atoms with Crippen LogP contribution in [0.4, 0.5) is 0 Å². The number of rotatable bonds is 5. The fourth-order valence-corrected chi connectivity index (χ4v) is 0.654. The Bertz CT molecular complexity index is 93.3. The van der Waals surface area contributed by atoms with E-state index in [4.69, 9.17) is 9.84 Å². The van der Waals surface area contributed by atoms with Crippen LogP contribution >= 0.6 is 0 Å². The van der Waals surface area contributed by atoms with Crippen LogP contribution in [0.2, 0.25) is 0 Å². The summed E-state index contributed by atoms with van der Waals surface area (Å²) in [6.45, 7) is 6.14. The monoisotopic (exact) mass is 162 g/mol. The SMILES string of the molecule is CC(C)C(C)C(O)OCCO. The third kappa shape index (κ3) is 4.35. The van der Waals surface area contributed by atoms with Gasteiger partial charge in [-0.2, -0.15) is 0 Å². The Labute approximate surface area is 68.0 Å². The van der Waals surface area contributed by atoms with Crippen molar-refractivity contribution < 1.29 is 14.9 Å². The summed E-state index contributed by atoms with van der Waals surface area (Å²) in [6.07, 6.45) is -0.748. The molecular weight excluding hydrogens is 144 g/mol. The van der Waals surface area contributed by atoms with Crippen molar-refractivity contribution in [1.82, 2.24) is 0 Å². The summed E-state index contributed by atoms with van der Waals surface area (Å²) in [7, 11) is 0. The molecule has 0 saturated heterocycles. The molecule has 3 heteroatoms. The molecule has 68 valence electrons. The van der Waals surface area contributed by atoms with Crippen LogP contribution in [0.25, 0.3) is 0 Å². The van der Waals surface area contributed by atoms with Crippen molar-refractivity contribution in [2.45, 2.75) is 27.1 Å². The first kappa shape index (κ1) is 10.9. The van der Waals surface area contributed by atoms with Crippen molar-refractivity contribution in [2.24, 2.45) is 11.8 Å². The topological polar surface area (TPSA) is 49.7 Å². The molecule has 0 aromatic carbocycles. The van der Waals surface area contributed by atoms with Crippen molar-refractivity contribution >= 4 is 0 Å². The minimum absolute atomic E-state index is 0.0398. The standard InChI is InChI=1S/C8H18O3/c1-6(2)7(3)8(10)11-5-4-9/h6-10H,4-5H2,1-3H3. The van der Waals surface area contributed by atoms with Crippen molar-refractivity contribution in [3.05, 3.63) is 0 Å². The second kappa shape index (κ2) is 5.52. The molecule has 0 bridgehead atoms. The second-order valence-corrected chi connectivity index (χ2v) is 3.09. The second-order valence-electron chi connectivity index (χ2n) is 3.09. The maximum Gasteiger partial charge on any atom is 0.157 e. The van der Waals surface area contributed by atoms with Gasteiger partial charge < -0.3 is 14.9 Å². The Hall–Kier alpha value is -0.120. The van der Waals surface area contributed by atoms with Gasteiger partial charge in [0.2, 0.25) is 0 Å². The van der Waals surface area contributed by atoms with Crippen LogP contribution < -0.4 is 0 Å². The summed E-state index contributed by atoms with van der Waals surface area (Å²) >= 11 is 0. The molecule has 11 heavy (non-hydrogen) atoms. The molecule has 3 nitrogen and oxygen atoms in total. The van der Waals surface area contributed by atoms with Gasteiger partial charge in [0.1, 0.15) is 0 Å². The number of hydrogen-bond donors (Lipinski definition) is 2. The van der Waals surface area contributed by atoms with Crippen LogP contribution in [0.1, 0.15) is 20.8 Å². The largest absolute Gasteiger partial charge is 0.394 e. The summed E-state index contributed by atoms with van der Waals surface area (Å²) in [5.41, 5.74) is 0. The van der Waals surface area contributed by atoms with Gasteiger partial charge in [-0.1, -0.05) is 20.8 Å². The molecule has 2 atom stereocenters. The molecule has 0 aromatic rings. The predicted molar refractivity (Wildman–Crippen MR) is 43.0 cm³/mol. The Morgan fingerprint density at radius 2 is 1.82 bits per heavy atom. The molecule has 0 aliphatic rings. The van der Waals surface area contributed by atoms with Gasteiger partial charge in [-0.15, -0.1) is 0 Å². The lowest BCUT2D eigenvalue weighted by Crippen LogP contribution is -2.26. The smallest absolute Gasteiger partial charge is 0.157 e. The zero-order valence-electron chi connectivity index (χ0n) is 7.45. The van der Waals surface area contributed by atoms with Gasteiger partial charge in [-0.25, -0.2) is 0 Å². The van der Waals surface area contributed by atoms with E-state index in [2.05, 4.69) is 0 Å². The quantitative estimate of drug-likeness (QED) is 0.582. The molecule has 0 aliphatic heterocycles. The summed E-state index contributed by atoms with van der Waals surface area (Å²) in [5, 5.41) is 17.7. The number of hydrogen-bond acceptors (Lipinski definition) is 3. The minimum atomic E-state index is -0.748. The van der Waals surface area contributed by atoms with E-state index in [0.717, 1.165) is 0 Å². The van der Waals surface area contributed by atoms with Gasteiger partial charge in [-0.05, 0) is 5.92 Å². The summed E-state index contributed by atoms with van der Waals surface area (Å²) in [5.74, 6) is 0.505. The third-order valence-corrected chi connectivity index (χ3v) is 1.88. The molecule has 0 saturated carbocycles. The molecule has 0 amide bonds. The van der Waals surface area contributed by atoms with E-state index in [1.54, 1.807) is 0 Å². The van der Waals surface area contributed by atoms with Crippen molar-refractivity contribution in [1.29, 1.82) is 0 Å². The van der Waals surface area contributed by atoms with E-state index < -0.39 is 6.29 Å². The van der Waals surface area contributed by atoms with Gasteiger partial charge in [0.05, 0.1) is 13.2 Å². The van der Waals surface area contributed by atoms with Gasteiger partial charge >= 0.3 is 0 Å². The Balaban J connectivity index is 3.55. The highest BCUT2D eigenvalue weighted by Gasteiger charge is 2.17. The fraction of sp³-hybridized carbons (Fsp3) is 1.00. The van der Waals surface area contributed by atoms with Crippen LogP contribution in [0.5, 0.6) is 0 Å². The van der Waals surface area contributed by atoms with E-state index in [1.165, 1.54) is 0 Å². The van der Waals surface area contributed by atoms with Crippen LogP contribution in [-0.2, 0) is 4.74 Å². The highest BCUT2D eigenvalue weighted by molar-refractivity contribution is 4.59. The first-order valence-electron chi connectivity index (χ1n) is 4.00. The van der Waals surface area contributed by atoms with Crippen LogP contribution in [-0.4, -0.2) is 29.7 Å². The van der Waals surface area contributed by atoms with Crippen LogP contribution in [0, 0.1) is 11.8 Å². The lowest BCUT2D eigenvalue weighted by molar-refractivity contribution is -0.144. The molecule has 2 N–H and O–H groups in total. The molecule has 0 spiro atoms. The maximum atomic E-state index is 9.29. The molecule has 0 aromatic heterocycles. The van der Waals surface area contributed by atoms with Crippen molar-refractivity contribution in [3.8, 4) is 0 Å². The van der Waals surface area contributed by atoms with Gasteiger partial charge in [0.15, 0.2) is 6.29 Å². The molecule has 0 radical (unpaired) electrons. The van der Waals surface area contributed by atoms with E-state index in [1.807, 2.05) is 20.8 Å². The fourth-order valence-electron chi connectivity index (χ4n) is 0.654. The molecule has 0 aliphatic carbocycles. The molecule has 0 rings (SSSR count). The molecule has 0 heterocycles. The zero-order chi connectivity index (χ0) is 8.85. The Kier molecular flexibility index (Phi) is 5.46. The van der Waals surface area contributed by atoms with Crippen LogP contribution in [0.3, 0.4) is 0 Å². The molecular formula is C8H18O3. The Morgan fingerprint density at radius 3 is 2.18 bits per heavy atom. The summed E-state index contributed by atoms with van der Waals surface area (Å²) < 4.78 is 4.92. The maximum absolute atomic E-state index is 9.29. The molecule has 0 fully saturated rings. The molecule has 2 unspecified atom stereocenters. The average Bonchev–Trinajstić information content (AvgIpc) is 1.98. The van der Waals surface area contributed by atoms with Gasteiger partial charge in [0.25, 0.3) is 0 Å². The summed E-state index contributed by atoms with van der Waals surface area (Å²) in [6, 6.07) is 0. The first-order chi connectivity index (χ1) is 5.09. The minimum Gasteiger partial charge on any atom is -0.394 e. The Morgan fingerprint density at radius 1 is 1.27 bits per heavy atom. The van der Waals surface area contributed by atoms with Crippen molar-refractivity contribution in [3.63, 3.8) is 0 Å². The average molecular weight is 162 g/mol. The van der Waals surface area contributed by atoms with E-state index >= 15 is 0 Å². The lowest BCUT2D eigenvalue weighted by atomic mass is 9.98. The highest BCUT2D eigenvalue weighted by atomic mass is 16.6. The van der Waals surface area contributed by atoms with E-state index in [-0.39, 0.29) is 19.1 Å².